The summed E-state index contributed by atoms with van der Waals surface area (Å²) in [7, 11) is 0. The molecule has 0 radical (unpaired) electrons. The van der Waals surface area contributed by atoms with Gasteiger partial charge in [0.1, 0.15) is 11.6 Å². The van der Waals surface area contributed by atoms with E-state index < -0.39 is 35.5 Å². The number of benzene rings is 2. The summed E-state index contributed by atoms with van der Waals surface area (Å²) >= 11 is 0. The van der Waals surface area contributed by atoms with E-state index in [0.717, 1.165) is 0 Å². The minimum absolute atomic E-state index is 0.346. The number of nitrogens with one attached hydrogen (secondary N) is 2. The molecule has 2 aromatic rings. The highest BCUT2D eigenvalue weighted by Crippen LogP contribution is 2.37. The van der Waals surface area contributed by atoms with Gasteiger partial charge < -0.3 is 15.4 Å². The normalized spacial score (nSPS) is 16.4. The molecular weight excluding hydrogens is 398 g/mol. The highest BCUT2D eigenvalue weighted by Gasteiger charge is 2.45. The number of rotatable bonds is 5. The van der Waals surface area contributed by atoms with Crippen LogP contribution in [0.5, 0.6) is 0 Å². The first-order valence-corrected chi connectivity index (χ1v) is 9.94. The Hall–Kier alpha value is -3.68. The molecule has 8 nitrogen and oxygen atoms in total. The first-order chi connectivity index (χ1) is 14.6. The van der Waals surface area contributed by atoms with Crippen LogP contribution in [0.25, 0.3) is 0 Å². The third kappa shape index (κ3) is 4.42. The van der Waals surface area contributed by atoms with Gasteiger partial charge in [-0.3, -0.25) is 19.3 Å². The number of hydrogen-bond donors (Lipinski definition) is 2. The topological polar surface area (TPSA) is 105 Å². The average Bonchev–Trinajstić information content (AvgIpc) is 2.74. The summed E-state index contributed by atoms with van der Waals surface area (Å²) in [6, 6.07) is 14.4. The molecule has 1 heterocycles. The summed E-state index contributed by atoms with van der Waals surface area (Å²) in [6.45, 7) is 6.16. The summed E-state index contributed by atoms with van der Waals surface area (Å²) in [5.41, 5.74) is 0.246. The summed E-state index contributed by atoms with van der Waals surface area (Å²) in [5, 5.41) is 5.34. The van der Waals surface area contributed by atoms with Crippen LogP contribution in [0.1, 0.15) is 38.1 Å². The lowest BCUT2D eigenvalue weighted by atomic mass is 9.95. The van der Waals surface area contributed by atoms with Gasteiger partial charge >= 0.3 is 5.97 Å². The zero-order valence-electron chi connectivity index (χ0n) is 17.8. The van der Waals surface area contributed by atoms with Crippen molar-refractivity contribution >= 4 is 35.1 Å². The fourth-order valence-corrected chi connectivity index (χ4v) is 3.28. The Morgan fingerprint density at radius 3 is 2.29 bits per heavy atom. The minimum atomic E-state index is -1.18. The van der Waals surface area contributed by atoms with Crippen molar-refractivity contribution in [3.8, 4) is 0 Å². The first-order valence-electron chi connectivity index (χ1n) is 9.94. The van der Waals surface area contributed by atoms with E-state index in [1.165, 1.54) is 18.7 Å². The van der Waals surface area contributed by atoms with Crippen molar-refractivity contribution in [2.45, 2.75) is 45.4 Å². The molecule has 162 valence electrons. The predicted molar refractivity (Wildman–Crippen MR) is 116 cm³/mol. The number of ether oxygens (including phenoxy) is 1. The Morgan fingerprint density at radius 2 is 1.61 bits per heavy atom. The van der Waals surface area contributed by atoms with Crippen molar-refractivity contribution in [1.29, 1.82) is 0 Å². The number of anilines is 2. The number of hydrogen-bond acceptors (Lipinski definition) is 5. The quantitative estimate of drug-likeness (QED) is 0.719. The van der Waals surface area contributed by atoms with Crippen molar-refractivity contribution in [2.75, 3.05) is 10.2 Å². The molecule has 2 atom stereocenters. The Balaban J connectivity index is 1.71. The zero-order chi connectivity index (χ0) is 22.8. The average molecular weight is 423 g/mol. The van der Waals surface area contributed by atoms with Gasteiger partial charge in [0.15, 0.2) is 6.10 Å². The standard InChI is InChI=1S/C23H25N3O5/c1-14(24-19(27)16-10-6-5-7-11-16)21(29)31-15(2)20(28)26-18-13-9-8-12-17(18)25-22(30)23(26,3)4/h5-15H,1-4H3,(H,24,27)(H,25,30)/t14-,15-/m0/s1. The van der Waals surface area contributed by atoms with Crippen LogP contribution >= 0.6 is 0 Å². The molecule has 1 aliphatic rings. The highest BCUT2D eigenvalue weighted by molar-refractivity contribution is 6.15. The summed E-state index contributed by atoms with van der Waals surface area (Å²) in [4.78, 5) is 51.8. The monoisotopic (exact) mass is 423 g/mol. The van der Waals surface area contributed by atoms with Crippen molar-refractivity contribution in [3.05, 3.63) is 60.2 Å². The lowest BCUT2D eigenvalue weighted by Gasteiger charge is -2.42. The lowest BCUT2D eigenvalue weighted by molar-refractivity contribution is -0.155. The molecule has 3 amide bonds. The molecule has 1 aliphatic heterocycles. The number of carbonyl (C=O) groups excluding carboxylic acids is 4. The largest absolute Gasteiger partial charge is 0.451 e. The van der Waals surface area contributed by atoms with E-state index in [9.17, 15) is 19.2 Å². The van der Waals surface area contributed by atoms with E-state index in [-0.39, 0.29) is 5.91 Å². The maximum atomic E-state index is 13.2. The van der Waals surface area contributed by atoms with Gasteiger partial charge in [-0.05, 0) is 52.0 Å². The Bertz CT molecular complexity index is 1020. The molecule has 0 aliphatic carbocycles. The number of amides is 3. The lowest BCUT2D eigenvalue weighted by Crippen LogP contribution is -2.60. The fraction of sp³-hybridized carbons (Fsp3) is 0.304. The maximum absolute atomic E-state index is 13.2. The van der Waals surface area contributed by atoms with E-state index in [2.05, 4.69) is 10.6 Å². The van der Waals surface area contributed by atoms with Crippen LogP contribution in [0.15, 0.2) is 54.6 Å². The molecule has 0 bridgehead atoms. The first kappa shape index (κ1) is 22.0. The van der Waals surface area contributed by atoms with Gasteiger partial charge in [-0.25, -0.2) is 4.79 Å². The number of esters is 1. The highest BCUT2D eigenvalue weighted by atomic mass is 16.5. The van der Waals surface area contributed by atoms with Crippen LogP contribution in [0.4, 0.5) is 11.4 Å². The van der Waals surface area contributed by atoms with Crippen LogP contribution in [-0.2, 0) is 19.1 Å². The van der Waals surface area contributed by atoms with E-state index in [1.54, 1.807) is 68.4 Å². The molecule has 31 heavy (non-hydrogen) atoms. The van der Waals surface area contributed by atoms with Crippen molar-refractivity contribution in [2.24, 2.45) is 0 Å². The molecule has 2 N–H and O–H groups in total. The molecule has 8 heteroatoms. The van der Waals surface area contributed by atoms with Gasteiger partial charge in [-0.15, -0.1) is 0 Å². The van der Waals surface area contributed by atoms with Crippen LogP contribution in [0.2, 0.25) is 0 Å². The van der Waals surface area contributed by atoms with E-state index in [0.29, 0.717) is 16.9 Å². The SMILES string of the molecule is C[C@H](NC(=O)c1ccccc1)C(=O)O[C@@H](C)C(=O)N1c2ccccc2NC(=O)C1(C)C. The summed E-state index contributed by atoms with van der Waals surface area (Å²) in [6.07, 6.45) is -1.16. The molecule has 2 aromatic carbocycles. The van der Waals surface area contributed by atoms with Crippen LogP contribution in [0, 0.1) is 0 Å². The molecule has 0 aromatic heterocycles. The molecular formula is C23H25N3O5. The van der Waals surface area contributed by atoms with Crippen molar-refractivity contribution < 1.29 is 23.9 Å². The summed E-state index contributed by atoms with van der Waals surface area (Å²) in [5.74, 6) is -2.06. The second-order valence-electron chi connectivity index (χ2n) is 7.84. The van der Waals surface area contributed by atoms with E-state index in [1.807, 2.05) is 0 Å². The number of carbonyl (C=O) groups is 4. The van der Waals surface area contributed by atoms with Crippen molar-refractivity contribution in [3.63, 3.8) is 0 Å². The second-order valence-corrected chi connectivity index (χ2v) is 7.84. The van der Waals surface area contributed by atoms with Gasteiger partial charge in [0.05, 0.1) is 11.4 Å². The maximum Gasteiger partial charge on any atom is 0.329 e. The smallest absolute Gasteiger partial charge is 0.329 e. The second kappa shape index (κ2) is 8.59. The van der Waals surface area contributed by atoms with Gasteiger partial charge in [-0.2, -0.15) is 0 Å². The number of fused-ring (bicyclic) bond motifs is 1. The molecule has 0 fully saturated rings. The van der Waals surface area contributed by atoms with E-state index in [4.69, 9.17) is 4.74 Å². The van der Waals surface area contributed by atoms with Gasteiger partial charge in [0, 0.05) is 5.56 Å². The zero-order valence-corrected chi connectivity index (χ0v) is 17.8. The van der Waals surface area contributed by atoms with Crippen molar-refractivity contribution in [1.82, 2.24) is 5.32 Å². The Morgan fingerprint density at radius 1 is 1.00 bits per heavy atom. The summed E-state index contributed by atoms with van der Waals surface area (Å²) < 4.78 is 5.33. The van der Waals surface area contributed by atoms with Gasteiger partial charge in [0.25, 0.3) is 11.8 Å². The van der Waals surface area contributed by atoms with Gasteiger partial charge in [-0.1, -0.05) is 30.3 Å². The molecule has 0 spiro atoms. The minimum Gasteiger partial charge on any atom is -0.451 e. The Labute approximate surface area is 180 Å². The molecule has 0 saturated heterocycles. The van der Waals surface area contributed by atoms with Crippen LogP contribution < -0.4 is 15.5 Å². The van der Waals surface area contributed by atoms with Crippen LogP contribution in [0.3, 0.4) is 0 Å². The van der Waals surface area contributed by atoms with E-state index >= 15 is 0 Å². The Kier molecular flexibility index (Phi) is 6.10. The van der Waals surface area contributed by atoms with Gasteiger partial charge in [0.2, 0.25) is 5.91 Å². The van der Waals surface area contributed by atoms with Crippen LogP contribution in [-0.4, -0.2) is 41.4 Å². The molecule has 3 rings (SSSR count). The molecule has 0 unspecified atom stereocenters. The third-order valence-electron chi connectivity index (χ3n) is 5.11. The number of nitrogens with zero attached hydrogens (tertiary/aromatic N) is 1. The predicted octanol–water partition coefficient (Wildman–Crippen LogP) is 2.50. The third-order valence-corrected chi connectivity index (χ3v) is 5.11. The fourth-order valence-electron chi connectivity index (χ4n) is 3.28. The number of para-hydroxylation sites is 2. The molecule has 0 saturated carbocycles.